The molecule has 10 nitrogen and oxygen atoms in total. The molecule has 1 saturated heterocycles. The van der Waals surface area contributed by atoms with E-state index in [2.05, 4.69) is 14.9 Å². The van der Waals surface area contributed by atoms with Crippen molar-refractivity contribution in [3.05, 3.63) is 62.7 Å². The largest absolute Gasteiger partial charge is 0.487 e. The molecule has 1 N–H and O–H groups in total. The molecule has 0 atom stereocenters. The minimum absolute atomic E-state index is 0.00286. The van der Waals surface area contributed by atoms with Gasteiger partial charge < -0.3 is 19.3 Å². The number of pyridine rings is 1. The number of benzene rings is 1. The second-order valence-electron chi connectivity index (χ2n) is 9.56. The van der Waals surface area contributed by atoms with Gasteiger partial charge in [0.05, 0.1) is 21.4 Å². The van der Waals surface area contributed by atoms with Crippen molar-refractivity contribution in [1.29, 1.82) is 0 Å². The molecule has 1 aromatic carbocycles. The molecule has 192 valence electrons. The molecule has 4 heterocycles. The summed E-state index contributed by atoms with van der Waals surface area (Å²) in [5.74, 6) is -0.955. The van der Waals surface area contributed by atoms with Crippen molar-refractivity contribution < 1.29 is 23.1 Å². The number of fused-ring (bicyclic) bond motifs is 3. The summed E-state index contributed by atoms with van der Waals surface area (Å²) in [4.78, 5) is 35.6. The van der Waals surface area contributed by atoms with Crippen LogP contribution in [-0.4, -0.2) is 47.1 Å². The number of hydrogen-bond donors (Lipinski definition) is 1. The number of sulfone groups is 1. The quantitative estimate of drug-likeness (QED) is 0.497. The van der Waals surface area contributed by atoms with Gasteiger partial charge in [-0.1, -0.05) is 11.6 Å². The third-order valence-electron chi connectivity index (χ3n) is 6.90. The van der Waals surface area contributed by atoms with E-state index in [-0.39, 0.29) is 39.4 Å². The molecule has 0 unspecified atom stereocenters. The lowest BCUT2D eigenvalue weighted by Gasteiger charge is -2.25. The van der Waals surface area contributed by atoms with Crippen molar-refractivity contribution in [3.63, 3.8) is 0 Å². The van der Waals surface area contributed by atoms with E-state index in [0.717, 1.165) is 25.9 Å². The third kappa shape index (κ3) is 4.25. The second-order valence-corrected chi connectivity index (χ2v) is 11.9. The van der Waals surface area contributed by atoms with Crippen molar-refractivity contribution in [1.82, 2.24) is 14.5 Å². The fourth-order valence-corrected chi connectivity index (χ4v) is 6.75. The van der Waals surface area contributed by atoms with Gasteiger partial charge in [0.1, 0.15) is 17.9 Å². The highest BCUT2D eigenvalue weighted by Crippen LogP contribution is 2.46. The van der Waals surface area contributed by atoms with Gasteiger partial charge in [-0.2, -0.15) is 0 Å². The summed E-state index contributed by atoms with van der Waals surface area (Å²) in [7, 11) is -3.85. The first-order chi connectivity index (χ1) is 17.7. The summed E-state index contributed by atoms with van der Waals surface area (Å²) in [6.07, 6.45) is 7.02. The molecule has 1 saturated carbocycles. The third-order valence-corrected chi connectivity index (χ3v) is 8.89. The lowest BCUT2D eigenvalue weighted by Crippen LogP contribution is -2.30. The predicted molar refractivity (Wildman–Crippen MR) is 135 cm³/mol. The molecule has 2 aliphatic heterocycles. The SMILES string of the molecule is O=C(O)c1cc2c(n(C3CC3)c1=O)-c1cc(Cl)c(OCc3cnc(N4CCCC4)nc3)cc1S(=O)(=O)C2. The van der Waals surface area contributed by atoms with Crippen LogP contribution in [0.4, 0.5) is 5.95 Å². The molecule has 1 aliphatic carbocycles. The Morgan fingerprint density at radius 1 is 1.14 bits per heavy atom. The molecule has 3 aliphatic rings. The standard InChI is InChI=1S/C25H23ClN4O6S/c26-19-8-17-21(9-20(19)36-12-14-10-27-25(28-11-14)29-5-1-2-6-29)37(34,35)13-15-7-18(24(32)33)23(31)30(22(15)17)16-3-4-16/h7-11,16H,1-6,12-13H2,(H,32,33). The zero-order chi connectivity index (χ0) is 25.9. The lowest BCUT2D eigenvalue weighted by atomic mass is 10.0. The second kappa shape index (κ2) is 8.84. The molecule has 0 radical (unpaired) electrons. The minimum Gasteiger partial charge on any atom is -0.487 e. The maximum absolute atomic E-state index is 13.2. The fraction of sp³-hybridized carbons (Fsp3) is 0.360. The summed E-state index contributed by atoms with van der Waals surface area (Å²) < 4.78 is 33.8. The van der Waals surface area contributed by atoms with Crippen LogP contribution in [0.25, 0.3) is 11.3 Å². The number of ether oxygens (including phenoxy) is 1. The average molecular weight is 543 g/mol. The van der Waals surface area contributed by atoms with E-state index >= 15 is 0 Å². The van der Waals surface area contributed by atoms with E-state index in [9.17, 15) is 23.1 Å². The Bertz CT molecular complexity index is 1590. The van der Waals surface area contributed by atoms with Gasteiger partial charge in [0.2, 0.25) is 5.95 Å². The van der Waals surface area contributed by atoms with Crippen LogP contribution in [0.3, 0.4) is 0 Å². The zero-order valence-corrected chi connectivity index (χ0v) is 21.3. The monoisotopic (exact) mass is 542 g/mol. The maximum Gasteiger partial charge on any atom is 0.341 e. The Balaban J connectivity index is 1.36. The Kier molecular flexibility index (Phi) is 5.72. The molecule has 3 aromatic rings. The van der Waals surface area contributed by atoms with Crippen LogP contribution in [-0.2, 0) is 22.2 Å². The number of carbonyl (C=O) groups is 1. The van der Waals surface area contributed by atoms with Gasteiger partial charge in [-0.25, -0.2) is 23.2 Å². The van der Waals surface area contributed by atoms with E-state index in [1.54, 1.807) is 12.4 Å². The van der Waals surface area contributed by atoms with Crippen LogP contribution >= 0.6 is 11.6 Å². The number of carboxylic acids is 1. The highest BCUT2D eigenvalue weighted by Gasteiger charge is 2.37. The predicted octanol–water partition coefficient (Wildman–Crippen LogP) is 3.46. The number of hydrogen-bond acceptors (Lipinski definition) is 8. The first kappa shape index (κ1) is 23.9. The molecule has 12 heteroatoms. The molecule has 2 aromatic heterocycles. The summed E-state index contributed by atoms with van der Waals surface area (Å²) >= 11 is 6.53. The van der Waals surface area contributed by atoms with Gasteiger partial charge in [-0.3, -0.25) is 4.79 Å². The van der Waals surface area contributed by atoms with E-state index in [0.29, 0.717) is 30.0 Å². The van der Waals surface area contributed by atoms with Crippen LogP contribution in [0.5, 0.6) is 5.75 Å². The van der Waals surface area contributed by atoms with Crippen molar-refractivity contribution in [2.24, 2.45) is 0 Å². The number of rotatable bonds is 6. The molecule has 2 fully saturated rings. The topological polar surface area (TPSA) is 132 Å². The van der Waals surface area contributed by atoms with Gasteiger partial charge in [0.15, 0.2) is 9.84 Å². The molecule has 37 heavy (non-hydrogen) atoms. The number of halogens is 1. The smallest absolute Gasteiger partial charge is 0.341 e. The molecule has 6 rings (SSSR count). The first-order valence-electron chi connectivity index (χ1n) is 12.0. The van der Waals surface area contributed by atoms with E-state index in [4.69, 9.17) is 16.3 Å². The van der Waals surface area contributed by atoms with Gasteiger partial charge in [0, 0.05) is 48.7 Å². The maximum atomic E-state index is 13.2. The van der Waals surface area contributed by atoms with Gasteiger partial charge in [-0.05, 0) is 43.4 Å². The number of aromatic nitrogens is 3. The zero-order valence-electron chi connectivity index (χ0n) is 19.7. The van der Waals surface area contributed by atoms with Crippen LogP contribution in [0.1, 0.15) is 53.2 Å². The normalized spacial score (nSPS) is 17.8. The summed E-state index contributed by atoms with van der Waals surface area (Å²) in [5, 5.41) is 9.69. The molecule has 0 amide bonds. The fourth-order valence-electron chi connectivity index (χ4n) is 4.97. The van der Waals surface area contributed by atoms with E-state index in [1.807, 2.05) is 0 Å². The van der Waals surface area contributed by atoms with Crippen LogP contribution < -0.4 is 15.2 Å². The number of carboxylic acid groups (broad SMARTS) is 1. The molecule has 0 bridgehead atoms. The molecular weight excluding hydrogens is 520 g/mol. The number of aromatic carboxylic acids is 1. The van der Waals surface area contributed by atoms with Crippen LogP contribution in [0, 0.1) is 0 Å². The van der Waals surface area contributed by atoms with Crippen LogP contribution in [0.15, 0.2) is 40.3 Å². The summed E-state index contributed by atoms with van der Waals surface area (Å²) in [6.45, 7) is 1.96. The van der Waals surface area contributed by atoms with E-state index in [1.165, 1.54) is 22.8 Å². The highest BCUT2D eigenvalue weighted by atomic mass is 35.5. The summed E-state index contributed by atoms with van der Waals surface area (Å²) in [6, 6.07) is 3.85. The van der Waals surface area contributed by atoms with Crippen molar-refractivity contribution in [2.45, 2.75) is 49.0 Å². The average Bonchev–Trinajstić information content (AvgIpc) is 3.55. The van der Waals surface area contributed by atoms with E-state index < -0.39 is 32.7 Å². The summed E-state index contributed by atoms with van der Waals surface area (Å²) in [5.41, 5.74) is 0.575. The minimum atomic E-state index is -3.85. The van der Waals surface area contributed by atoms with Gasteiger partial charge in [-0.15, -0.1) is 0 Å². The molecule has 0 spiro atoms. The molecular formula is C25H23ClN4O6S. The van der Waals surface area contributed by atoms with Crippen molar-refractivity contribution in [2.75, 3.05) is 18.0 Å². The van der Waals surface area contributed by atoms with Crippen molar-refractivity contribution in [3.8, 4) is 17.0 Å². The Hall–Kier alpha value is -3.44. The Labute approximate surface area is 217 Å². The van der Waals surface area contributed by atoms with Crippen molar-refractivity contribution >= 4 is 33.4 Å². The van der Waals surface area contributed by atoms with Gasteiger partial charge in [0.25, 0.3) is 5.56 Å². The first-order valence-corrected chi connectivity index (χ1v) is 14.0. The number of nitrogens with zero attached hydrogens (tertiary/aromatic N) is 4. The van der Waals surface area contributed by atoms with Crippen LogP contribution in [0.2, 0.25) is 5.02 Å². The Morgan fingerprint density at radius 3 is 2.49 bits per heavy atom. The highest BCUT2D eigenvalue weighted by molar-refractivity contribution is 7.90. The number of anilines is 1. The Morgan fingerprint density at radius 2 is 1.84 bits per heavy atom. The van der Waals surface area contributed by atoms with Gasteiger partial charge >= 0.3 is 5.97 Å². The lowest BCUT2D eigenvalue weighted by molar-refractivity contribution is 0.0694.